The van der Waals surface area contributed by atoms with Gasteiger partial charge in [0.25, 0.3) is 0 Å². The predicted molar refractivity (Wildman–Crippen MR) is 91.3 cm³/mol. The summed E-state index contributed by atoms with van der Waals surface area (Å²) in [6.45, 7) is 10.6. The van der Waals surface area contributed by atoms with Gasteiger partial charge < -0.3 is 15.0 Å². The highest BCUT2D eigenvalue weighted by molar-refractivity contribution is 7.10. The maximum Gasteiger partial charge on any atom is 0.410 e. The summed E-state index contributed by atoms with van der Waals surface area (Å²) < 4.78 is 5.43. The summed E-state index contributed by atoms with van der Waals surface area (Å²) >= 11 is 1.80. The molecule has 1 N–H and O–H groups in total. The fourth-order valence-electron chi connectivity index (χ4n) is 2.63. The number of hydrogen-bond acceptors (Lipinski definition) is 4. The van der Waals surface area contributed by atoms with Gasteiger partial charge in [-0.2, -0.15) is 0 Å². The topological polar surface area (TPSA) is 41.6 Å². The SMILES string of the molecule is C[C@@H](NCC1CCN(C(=O)OC(C)(C)C)CC1)c1cccs1. The van der Waals surface area contributed by atoms with E-state index in [4.69, 9.17) is 4.74 Å². The minimum absolute atomic E-state index is 0.175. The van der Waals surface area contributed by atoms with Crippen LogP contribution in [0.4, 0.5) is 4.79 Å². The summed E-state index contributed by atoms with van der Waals surface area (Å²) in [5, 5.41) is 5.73. The highest BCUT2D eigenvalue weighted by Crippen LogP contribution is 2.22. The molecule has 0 aromatic carbocycles. The molecule has 2 heterocycles. The molecule has 1 saturated heterocycles. The molecule has 1 aliphatic rings. The lowest BCUT2D eigenvalue weighted by Gasteiger charge is -2.33. The van der Waals surface area contributed by atoms with Crippen LogP contribution in [-0.2, 0) is 4.74 Å². The zero-order valence-electron chi connectivity index (χ0n) is 14.1. The normalized spacial score (nSPS) is 18.3. The predicted octanol–water partition coefficient (Wildman–Crippen LogP) is 4.05. The zero-order valence-corrected chi connectivity index (χ0v) is 14.9. The van der Waals surface area contributed by atoms with Crippen LogP contribution in [0.2, 0.25) is 0 Å². The molecular formula is C17H28N2O2S. The summed E-state index contributed by atoms with van der Waals surface area (Å²) in [6, 6.07) is 4.68. The van der Waals surface area contributed by atoms with Crippen LogP contribution >= 0.6 is 11.3 Å². The lowest BCUT2D eigenvalue weighted by Crippen LogP contribution is -2.43. The van der Waals surface area contributed by atoms with Crippen molar-refractivity contribution < 1.29 is 9.53 Å². The van der Waals surface area contributed by atoms with Gasteiger partial charge in [-0.3, -0.25) is 0 Å². The van der Waals surface area contributed by atoms with Gasteiger partial charge in [-0.25, -0.2) is 4.79 Å². The van der Waals surface area contributed by atoms with Crippen molar-refractivity contribution in [3.8, 4) is 0 Å². The van der Waals surface area contributed by atoms with Gasteiger partial charge in [0, 0.05) is 24.0 Å². The quantitative estimate of drug-likeness (QED) is 0.908. The van der Waals surface area contributed by atoms with Crippen LogP contribution in [0.5, 0.6) is 0 Å². The first kappa shape index (κ1) is 17.3. The van der Waals surface area contributed by atoms with Crippen molar-refractivity contribution in [3.63, 3.8) is 0 Å². The molecule has 1 aromatic heterocycles. The molecule has 2 rings (SSSR count). The Balaban J connectivity index is 1.70. The summed E-state index contributed by atoms with van der Waals surface area (Å²) in [7, 11) is 0. The van der Waals surface area contributed by atoms with Gasteiger partial charge in [0.1, 0.15) is 5.60 Å². The van der Waals surface area contributed by atoms with Crippen LogP contribution in [0, 0.1) is 5.92 Å². The second kappa shape index (κ2) is 7.47. The molecule has 1 aliphatic heterocycles. The Labute approximate surface area is 137 Å². The monoisotopic (exact) mass is 324 g/mol. The second-order valence-electron chi connectivity index (χ2n) is 7.06. The molecule has 0 spiro atoms. The van der Waals surface area contributed by atoms with Crippen molar-refractivity contribution in [1.29, 1.82) is 0 Å². The van der Waals surface area contributed by atoms with Gasteiger partial charge in [0.15, 0.2) is 0 Å². The molecule has 124 valence electrons. The number of rotatable bonds is 4. The molecule has 4 nitrogen and oxygen atoms in total. The standard InChI is InChI=1S/C17H28N2O2S/c1-13(15-6-5-11-22-15)18-12-14-7-9-19(10-8-14)16(20)21-17(2,3)4/h5-6,11,13-14,18H,7-10,12H2,1-4H3/t13-/m1/s1. The lowest BCUT2D eigenvalue weighted by molar-refractivity contribution is 0.0183. The summed E-state index contributed by atoms with van der Waals surface area (Å²) in [4.78, 5) is 15.2. The van der Waals surface area contributed by atoms with Crippen molar-refractivity contribution in [1.82, 2.24) is 10.2 Å². The molecule has 5 heteroatoms. The minimum atomic E-state index is -0.411. The van der Waals surface area contributed by atoms with E-state index in [0.29, 0.717) is 12.0 Å². The van der Waals surface area contributed by atoms with Crippen molar-refractivity contribution in [2.24, 2.45) is 5.92 Å². The van der Waals surface area contributed by atoms with E-state index >= 15 is 0 Å². The Morgan fingerprint density at radius 3 is 2.68 bits per heavy atom. The van der Waals surface area contributed by atoms with E-state index in [-0.39, 0.29) is 6.09 Å². The van der Waals surface area contributed by atoms with Crippen LogP contribution < -0.4 is 5.32 Å². The molecule has 1 amide bonds. The first-order valence-electron chi connectivity index (χ1n) is 8.10. The van der Waals surface area contributed by atoms with E-state index in [1.807, 2.05) is 25.7 Å². The van der Waals surface area contributed by atoms with Gasteiger partial charge in [-0.1, -0.05) is 6.07 Å². The molecule has 1 fully saturated rings. The number of likely N-dealkylation sites (tertiary alicyclic amines) is 1. The van der Waals surface area contributed by atoms with Gasteiger partial charge in [-0.15, -0.1) is 11.3 Å². The average Bonchev–Trinajstić information content (AvgIpc) is 2.97. The number of ether oxygens (including phenoxy) is 1. The van der Waals surface area contributed by atoms with Crippen molar-refractivity contribution in [2.45, 2.75) is 52.2 Å². The average molecular weight is 324 g/mol. The van der Waals surface area contributed by atoms with Gasteiger partial charge in [0.2, 0.25) is 0 Å². The molecule has 1 aromatic rings. The van der Waals surface area contributed by atoms with Crippen LogP contribution in [0.1, 0.15) is 51.5 Å². The maximum atomic E-state index is 12.0. The number of nitrogens with one attached hydrogen (secondary N) is 1. The lowest BCUT2D eigenvalue weighted by atomic mass is 9.96. The second-order valence-corrected chi connectivity index (χ2v) is 8.04. The van der Waals surface area contributed by atoms with Gasteiger partial charge >= 0.3 is 6.09 Å². The Bertz CT molecular complexity index is 460. The van der Waals surface area contributed by atoms with Crippen LogP contribution in [-0.4, -0.2) is 36.2 Å². The van der Waals surface area contributed by atoms with E-state index < -0.39 is 5.60 Å². The fourth-order valence-corrected chi connectivity index (χ4v) is 3.39. The summed E-state index contributed by atoms with van der Waals surface area (Å²) in [5.41, 5.74) is -0.411. The number of carbonyl (C=O) groups is 1. The van der Waals surface area contributed by atoms with Crippen molar-refractivity contribution in [2.75, 3.05) is 19.6 Å². The highest BCUT2D eigenvalue weighted by Gasteiger charge is 2.26. The first-order chi connectivity index (χ1) is 10.3. The maximum absolute atomic E-state index is 12.0. The third kappa shape index (κ3) is 5.29. The molecule has 0 bridgehead atoms. The van der Waals surface area contributed by atoms with Crippen molar-refractivity contribution >= 4 is 17.4 Å². The Morgan fingerprint density at radius 1 is 1.45 bits per heavy atom. The minimum Gasteiger partial charge on any atom is -0.444 e. The van der Waals surface area contributed by atoms with Crippen LogP contribution in [0.25, 0.3) is 0 Å². The number of nitrogens with zero attached hydrogens (tertiary/aromatic N) is 1. The van der Waals surface area contributed by atoms with Gasteiger partial charge in [-0.05, 0) is 64.4 Å². The smallest absolute Gasteiger partial charge is 0.410 e. The Kier molecular flexibility index (Phi) is 5.87. The van der Waals surface area contributed by atoms with E-state index in [1.165, 1.54) is 4.88 Å². The number of hydrogen-bond donors (Lipinski definition) is 1. The Morgan fingerprint density at radius 2 is 2.14 bits per heavy atom. The van der Waals surface area contributed by atoms with E-state index in [9.17, 15) is 4.79 Å². The molecule has 0 saturated carbocycles. The number of thiophene rings is 1. The number of piperidine rings is 1. The fraction of sp³-hybridized carbons (Fsp3) is 0.706. The Hall–Kier alpha value is -1.07. The molecule has 22 heavy (non-hydrogen) atoms. The molecule has 0 unspecified atom stereocenters. The molecular weight excluding hydrogens is 296 g/mol. The van der Waals surface area contributed by atoms with Crippen LogP contribution in [0.15, 0.2) is 17.5 Å². The van der Waals surface area contributed by atoms with Crippen LogP contribution in [0.3, 0.4) is 0 Å². The zero-order chi connectivity index (χ0) is 16.2. The van der Waals surface area contributed by atoms with E-state index in [1.54, 1.807) is 11.3 Å². The number of carbonyl (C=O) groups excluding carboxylic acids is 1. The van der Waals surface area contributed by atoms with Crippen molar-refractivity contribution in [3.05, 3.63) is 22.4 Å². The van der Waals surface area contributed by atoms with Gasteiger partial charge in [0.05, 0.1) is 0 Å². The van der Waals surface area contributed by atoms with E-state index in [2.05, 4.69) is 29.8 Å². The first-order valence-corrected chi connectivity index (χ1v) is 8.98. The largest absolute Gasteiger partial charge is 0.444 e. The van der Waals surface area contributed by atoms with E-state index in [0.717, 1.165) is 32.5 Å². The third-order valence-electron chi connectivity index (χ3n) is 3.95. The summed E-state index contributed by atoms with van der Waals surface area (Å²) in [6.07, 6.45) is 1.91. The number of amides is 1. The summed E-state index contributed by atoms with van der Waals surface area (Å²) in [5.74, 6) is 0.640. The molecule has 1 atom stereocenters. The molecule has 0 aliphatic carbocycles. The third-order valence-corrected chi connectivity index (χ3v) is 5.00. The molecule has 0 radical (unpaired) electrons. The highest BCUT2D eigenvalue weighted by atomic mass is 32.1.